The molecule has 0 aliphatic carbocycles. The van der Waals surface area contributed by atoms with E-state index in [1.807, 2.05) is 31.4 Å². The maximum Gasteiger partial charge on any atom is 0.252 e. The zero-order valence-electron chi connectivity index (χ0n) is 13.1. The predicted octanol–water partition coefficient (Wildman–Crippen LogP) is 3.35. The van der Waals surface area contributed by atoms with Crippen molar-refractivity contribution < 1.29 is 4.79 Å². The summed E-state index contributed by atoms with van der Waals surface area (Å²) in [6, 6.07) is 6.58. The molecule has 0 bridgehead atoms. The van der Waals surface area contributed by atoms with E-state index in [1.54, 1.807) is 12.1 Å². The molecular formula is C15H15ClN6OS. The number of amides is 1. The van der Waals surface area contributed by atoms with Gasteiger partial charge >= 0.3 is 0 Å². The molecule has 2 heterocycles. The summed E-state index contributed by atoms with van der Waals surface area (Å²) in [5, 5.41) is 18.2. The van der Waals surface area contributed by atoms with E-state index in [4.69, 9.17) is 11.6 Å². The number of carbonyl (C=O) groups excluding carboxylic acids is 1. The number of benzene rings is 1. The Labute approximate surface area is 147 Å². The second-order valence-corrected chi connectivity index (χ2v) is 6.44. The lowest BCUT2D eigenvalue weighted by Crippen LogP contribution is -2.27. The van der Waals surface area contributed by atoms with Crippen molar-refractivity contribution in [1.29, 1.82) is 0 Å². The van der Waals surface area contributed by atoms with Crippen molar-refractivity contribution in [3.63, 3.8) is 0 Å². The number of hydrogen-bond acceptors (Lipinski definition) is 6. The van der Waals surface area contributed by atoms with E-state index < -0.39 is 6.04 Å². The molecule has 1 N–H and O–H groups in total. The van der Waals surface area contributed by atoms with Crippen LogP contribution in [0.5, 0.6) is 0 Å². The van der Waals surface area contributed by atoms with Gasteiger partial charge < -0.3 is 5.32 Å². The number of carbonyl (C=O) groups is 1. The van der Waals surface area contributed by atoms with E-state index in [1.165, 1.54) is 16.1 Å². The summed E-state index contributed by atoms with van der Waals surface area (Å²) < 4.78 is 0. The Hall–Kier alpha value is -2.32. The van der Waals surface area contributed by atoms with Gasteiger partial charge in [-0.1, -0.05) is 18.5 Å². The molecule has 124 valence electrons. The first-order chi connectivity index (χ1) is 11.6. The SMILES string of the molecule is CCC(C(=O)Nc1nc(C)cs1)n1nnc(-c2ccc(Cl)cc2)n1. The summed E-state index contributed by atoms with van der Waals surface area (Å²) in [6.07, 6.45) is 0.534. The summed E-state index contributed by atoms with van der Waals surface area (Å²) in [6.45, 7) is 3.77. The van der Waals surface area contributed by atoms with Gasteiger partial charge in [-0.25, -0.2) is 4.98 Å². The van der Waals surface area contributed by atoms with Gasteiger partial charge in [0.15, 0.2) is 11.2 Å². The van der Waals surface area contributed by atoms with Crippen LogP contribution in [0.25, 0.3) is 11.4 Å². The number of aryl methyl sites for hydroxylation is 1. The van der Waals surface area contributed by atoms with Crippen molar-refractivity contribution in [1.82, 2.24) is 25.2 Å². The van der Waals surface area contributed by atoms with Crippen molar-refractivity contribution in [2.45, 2.75) is 26.3 Å². The van der Waals surface area contributed by atoms with Crippen LogP contribution in [-0.2, 0) is 4.79 Å². The smallest absolute Gasteiger partial charge is 0.252 e. The van der Waals surface area contributed by atoms with Gasteiger partial charge in [-0.05, 0) is 42.8 Å². The van der Waals surface area contributed by atoms with E-state index in [0.717, 1.165) is 11.3 Å². The minimum atomic E-state index is -0.553. The normalized spacial score (nSPS) is 12.1. The molecule has 0 fully saturated rings. The quantitative estimate of drug-likeness (QED) is 0.752. The number of aromatic nitrogens is 5. The lowest BCUT2D eigenvalue weighted by atomic mass is 10.2. The van der Waals surface area contributed by atoms with Crippen LogP contribution in [0.1, 0.15) is 25.1 Å². The summed E-state index contributed by atoms with van der Waals surface area (Å²) >= 11 is 7.26. The van der Waals surface area contributed by atoms with Gasteiger partial charge in [0, 0.05) is 16.0 Å². The Morgan fingerprint density at radius 1 is 1.38 bits per heavy atom. The van der Waals surface area contributed by atoms with Gasteiger partial charge in [0.2, 0.25) is 5.82 Å². The summed E-state index contributed by atoms with van der Waals surface area (Å²) in [5.41, 5.74) is 1.66. The molecule has 9 heteroatoms. The van der Waals surface area contributed by atoms with Crippen LogP contribution >= 0.6 is 22.9 Å². The number of tetrazole rings is 1. The van der Waals surface area contributed by atoms with Crippen molar-refractivity contribution in [2.24, 2.45) is 0 Å². The fourth-order valence-electron chi connectivity index (χ4n) is 2.13. The van der Waals surface area contributed by atoms with E-state index in [2.05, 4.69) is 25.7 Å². The molecule has 1 atom stereocenters. The average molecular weight is 363 g/mol. The number of nitrogens with zero attached hydrogens (tertiary/aromatic N) is 5. The number of rotatable bonds is 5. The van der Waals surface area contributed by atoms with Crippen LogP contribution in [0.15, 0.2) is 29.6 Å². The molecule has 1 unspecified atom stereocenters. The summed E-state index contributed by atoms with van der Waals surface area (Å²) in [4.78, 5) is 18.0. The molecule has 1 amide bonds. The van der Waals surface area contributed by atoms with Crippen molar-refractivity contribution in [3.8, 4) is 11.4 Å². The van der Waals surface area contributed by atoms with E-state index in [9.17, 15) is 4.79 Å². The second-order valence-electron chi connectivity index (χ2n) is 5.15. The Morgan fingerprint density at radius 2 is 2.12 bits per heavy atom. The van der Waals surface area contributed by atoms with Crippen LogP contribution in [0, 0.1) is 6.92 Å². The third-order valence-corrected chi connectivity index (χ3v) is 4.48. The fraction of sp³-hybridized carbons (Fsp3) is 0.267. The average Bonchev–Trinajstić information content (AvgIpc) is 3.18. The van der Waals surface area contributed by atoms with E-state index in [-0.39, 0.29) is 5.91 Å². The van der Waals surface area contributed by atoms with Crippen molar-refractivity contribution in [3.05, 3.63) is 40.4 Å². The van der Waals surface area contributed by atoms with Gasteiger partial charge in [-0.3, -0.25) is 4.79 Å². The van der Waals surface area contributed by atoms with Crippen molar-refractivity contribution >= 4 is 34.0 Å². The van der Waals surface area contributed by atoms with Crippen LogP contribution in [0.3, 0.4) is 0 Å². The molecule has 7 nitrogen and oxygen atoms in total. The van der Waals surface area contributed by atoms with Crippen LogP contribution in [0.2, 0.25) is 5.02 Å². The maximum absolute atomic E-state index is 12.5. The zero-order valence-corrected chi connectivity index (χ0v) is 14.7. The largest absolute Gasteiger partial charge is 0.300 e. The number of anilines is 1. The number of thiazole rings is 1. The summed E-state index contributed by atoms with van der Waals surface area (Å²) in [5.74, 6) is 0.231. The number of halogens is 1. The van der Waals surface area contributed by atoms with Crippen molar-refractivity contribution in [2.75, 3.05) is 5.32 Å². The van der Waals surface area contributed by atoms with Crippen LogP contribution in [-0.4, -0.2) is 31.1 Å². The molecule has 1 aromatic carbocycles. The minimum Gasteiger partial charge on any atom is -0.300 e. The van der Waals surface area contributed by atoms with E-state index in [0.29, 0.717) is 22.4 Å². The Morgan fingerprint density at radius 3 is 2.75 bits per heavy atom. The zero-order chi connectivity index (χ0) is 17.1. The highest BCUT2D eigenvalue weighted by Crippen LogP contribution is 2.20. The Kier molecular flexibility index (Phi) is 4.86. The third kappa shape index (κ3) is 3.60. The molecule has 2 aromatic heterocycles. The molecule has 3 aromatic rings. The molecular weight excluding hydrogens is 348 g/mol. The maximum atomic E-state index is 12.5. The first kappa shape index (κ1) is 16.5. The van der Waals surface area contributed by atoms with Crippen LogP contribution in [0.4, 0.5) is 5.13 Å². The molecule has 3 rings (SSSR count). The summed E-state index contributed by atoms with van der Waals surface area (Å²) in [7, 11) is 0. The van der Waals surface area contributed by atoms with Gasteiger partial charge in [0.25, 0.3) is 5.91 Å². The molecule has 24 heavy (non-hydrogen) atoms. The number of nitrogens with one attached hydrogen (secondary N) is 1. The third-order valence-electron chi connectivity index (χ3n) is 3.35. The second kappa shape index (κ2) is 7.06. The lowest BCUT2D eigenvalue weighted by Gasteiger charge is -2.11. The minimum absolute atomic E-state index is 0.216. The lowest BCUT2D eigenvalue weighted by molar-refractivity contribution is -0.119. The fourth-order valence-corrected chi connectivity index (χ4v) is 2.94. The molecule has 0 aliphatic rings. The van der Waals surface area contributed by atoms with Gasteiger partial charge in [0.1, 0.15) is 0 Å². The highest BCUT2D eigenvalue weighted by molar-refractivity contribution is 7.13. The van der Waals surface area contributed by atoms with Gasteiger partial charge in [0.05, 0.1) is 5.69 Å². The van der Waals surface area contributed by atoms with E-state index >= 15 is 0 Å². The standard InChI is InChI=1S/C15H15ClN6OS/c1-3-12(14(23)18-15-17-9(2)8-24-15)22-20-13(19-21-22)10-4-6-11(16)7-5-10/h4-8,12H,3H2,1-2H3,(H,17,18,23). The number of hydrogen-bond donors (Lipinski definition) is 1. The highest BCUT2D eigenvalue weighted by atomic mass is 35.5. The van der Waals surface area contributed by atoms with Crippen LogP contribution < -0.4 is 5.32 Å². The molecule has 0 radical (unpaired) electrons. The first-order valence-corrected chi connectivity index (χ1v) is 8.61. The first-order valence-electron chi connectivity index (χ1n) is 7.35. The van der Waals surface area contributed by atoms with Gasteiger partial charge in [-0.15, -0.1) is 21.5 Å². The highest BCUT2D eigenvalue weighted by Gasteiger charge is 2.23. The molecule has 0 saturated heterocycles. The molecule has 0 aliphatic heterocycles. The predicted molar refractivity (Wildman–Crippen MR) is 93.1 cm³/mol. The van der Waals surface area contributed by atoms with Gasteiger partial charge in [-0.2, -0.15) is 4.80 Å². The Bertz CT molecular complexity index is 844. The topological polar surface area (TPSA) is 85.6 Å². The molecule has 0 saturated carbocycles. The Balaban J connectivity index is 1.78. The monoisotopic (exact) mass is 362 g/mol. The molecule has 0 spiro atoms.